The third kappa shape index (κ3) is 4.09. The molecule has 1 atom stereocenters. The molecule has 1 saturated heterocycles. The molecule has 3 aromatic heterocycles. The largest absolute Gasteiger partial charge is 0.348 e. The number of carbonyl (C=O) groups excluding carboxylic acids is 2. The topological polar surface area (TPSA) is 88.1 Å². The normalized spacial score (nSPS) is 18.3. The van der Waals surface area contributed by atoms with E-state index in [1.54, 1.807) is 17.3 Å². The van der Waals surface area contributed by atoms with E-state index in [2.05, 4.69) is 20.3 Å². The van der Waals surface area contributed by atoms with Gasteiger partial charge >= 0.3 is 0 Å². The average molecular weight is 470 g/mol. The zero-order valence-corrected chi connectivity index (χ0v) is 19.5. The maximum atomic E-state index is 13.2. The molecule has 3 aromatic rings. The van der Waals surface area contributed by atoms with Gasteiger partial charge in [-0.15, -0.1) is 11.3 Å². The van der Waals surface area contributed by atoms with Crippen LogP contribution in [0.2, 0.25) is 5.02 Å². The number of likely N-dealkylation sites (tertiary alicyclic amines) is 1. The molecule has 1 aliphatic carbocycles. The third-order valence-electron chi connectivity index (χ3n) is 6.47. The molecule has 5 rings (SSSR count). The van der Waals surface area contributed by atoms with Gasteiger partial charge in [0.2, 0.25) is 5.95 Å². The second kappa shape index (κ2) is 8.08. The number of hydrogen-bond acceptors (Lipinski definition) is 7. The molecular formula is C23H24ClN5O2S. The summed E-state index contributed by atoms with van der Waals surface area (Å²) in [5.74, 6) is 0.868. The highest BCUT2D eigenvalue weighted by Crippen LogP contribution is 2.47. The molecule has 0 spiro atoms. The SMILES string of the molecule is C[C@H](Nc1nc(C(=O)N2CC(CC(=O)C3(C)CC3)C2)c2sccc2n1)c1cncc(Cl)c1. The summed E-state index contributed by atoms with van der Waals surface area (Å²) < 4.78 is 0.780. The number of ketones is 1. The maximum Gasteiger partial charge on any atom is 0.274 e. The maximum absolute atomic E-state index is 13.2. The number of pyridine rings is 1. The molecule has 7 nitrogen and oxygen atoms in total. The first-order valence-electron chi connectivity index (χ1n) is 10.8. The lowest BCUT2D eigenvalue weighted by Crippen LogP contribution is -2.51. The van der Waals surface area contributed by atoms with Crippen LogP contribution < -0.4 is 5.32 Å². The Balaban J connectivity index is 1.31. The Labute approximate surface area is 195 Å². The van der Waals surface area contributed by atoms with Crippen LogP contribution in [0.3, 0.4) is 0 Å². The van der Waals surface area contributed by atoms with Crippen LogP contribution >= 0.6 is 22.9 Å². The Kier molecular flexibility index (Phi) is 5.37. The number of halogens is 1. The lowest BCUT2D eigenvalue weighted by Gasteiger charge is -2.39. The number of thiophene rings is 1. The van der Waals surface area contributed by atoms with E-state index in [9.17, 15) is 9.59 Å². The number of aromatic nitrogens is 3. The van der Waals surface area contributed by atoms with E-state index in [4.69, 9.17) is 11.6 Å². The standard InChI is InChI=1S/C23H24ClN5O2S/c1-13(15-8-16(24)10-25-9-15)26-22-27-17-3-6-32-20(17)19(28-22)21(31)29-11-14(12-29)7-18(30)23(2)4-5-23/h3,6,8-10,13-14H,4-5,7,11-12H2,1-2H3,(H,26,27,28)/t13-/m0/s1. The van der Waals surface area contributed by atoms with Crippen LogP contribution in [0.4, 0.5) is 5.95 Å². The van der Waals surface area contributed by atoms with E-state index in [1.807, 2.05) is 31.4 Å². The van der Waals surface area contributed by atoms with Crippen molar-refractivity contribution in [2.45, 2.75) is 39.2 Å². The smallest absolute Gasteiger partial charge is 0.274 e. The molecule has 0 radical (unpaired) electrons. The summed E-state index contributed by atoms with van der Waals surface area (Å²) in [6.07, 6.45) is 5.88. The minimum Gasteiger partial charge on any atom is -0.348 e. The molecule has 1 aliphatic heterocycles. The zero-order chi connectivity index (χ0) is 22.5. The molecule has 0 bridgehead atoms. The van der Waals surface area contributed by atoms with Crippen molar-refractivity contribution in [3.8, 4) is 0 Å². The van der Waals surface area contributed by atoms with Crippen LogP contribution in [-0.4, -0.2) is 44.6 Å². The van der Waals surface area contributed by atoms with Crippen molar-refractivity contribution >= 4 is 50.8 Å². The highest BCUT2D eigenvalue weighted by molar-refractivity contribution is 7.17. The van der Waals surface area contributed by atoms with Crippen LogP contribution in [0, 0.1) is 11.3 Å². The number of anilines is 1. The molecule has 1 saturated carbocycles. The molecule has 0 unspecified atom stereocenters. The van der Waals surface area contributed by atoms with E-state index in [0.717, 1.165) is 28.6 Å². The molecule has 2 fully saturated rings. The summed E-state index contributed by atoms with van der Waals surface area (Å²) in [6.45, 7) is 5.21. The number of nitrogens with one attached hydrogen (secondary N) is 1. The Morgan fingerprint density at radius 3 is 2.81 bits per heavy atom. The van der Waals surface area contributed by atoms with Crippen molar-refractivity contribution in [1.29, 1.82) is 0 Å². The summed E-state index contributed by atoms with van der Waals surface area (Å²) in [6, 6.07) is 3.59. The predicted octanol–water partition coefficient (Wildman–Crippen LogP) is 4.74. The van der Waals surface area contributed by atoms with Gasteiger partial charge in [0.15, 0.2) is 5.69 Å². The second-order valence-corrected chi connectivity index (χ2v) is 10.4. The van der Waals surface area contributed by atoms with Crippen molar-refractivity contribution < 1.29 is 9.59 Å². The second-order valence-electron chi connectivity index (χ2n) is 9.10. The van der Waals surface area contributed by atoms with Gasteiger partial charge in [0.05, 0.1) is 21.3 Å². The molecule has 0 aromatic carbocycles. The van der Waals surface area contributed by atoms with E-state index in [0.29, 0.717) is 42.0 Å². The summed E-state index contributed by atoms with van der Waals surface area (Å²) in [4.78, 5) is 40.7. The summed E-state index contributed by atoms with van der Waals surface area (Å²) in [5, 5.41) is 5.74. The van der Waals surface area contributed by atoms with Gasteiger partial charge in [0, 0.05) is 43.2 Å². The van der Waals surface area contributed by atoms with Crippen molar-refractivity contribution in [2.24, 2.45) is 11.3 Å². The Bertz CT molecular complexity index is 1200. The zero-order valence-electron chi connectivity index (χ0n) is 18.0. The fourth-order valence-corrected chi connectivity index (χ4v) is 5.00. The quantitative estimate of drug-likeness (QED) is 0.537. The summed E-state index contributed by atoms with van der Waals surface area (Å²) in [7, 11) is 0. The van der Waals surface area contributed by atoms with Gasteiger partial charge in [-0.2, -0.15) is 0 Å². The predicted molar refractivity (Wildman–Crippen MR) is 125 cm³/mol. The Hall–Kier alpha value is -2.58. The number of rotatable bonds is 7. The van der Waals surface area contributed by atoms with E-state index in [1.165, 1.54) is 11.3 Å². The average Bonchev–Trinajstić information content (AvgIpc) is 3.31. The van der Waals surface area contributed by atoms with Crippen molar-refractivity contribution in [1.82, 2.24) is 19.9 Å². The molecule has 9 heteroatoms. The third-order valence-corrected chi connectivity index (χ3v) is 7.59. The van der Waals surface area contributed by atoms with Crippen molar-refractivity contribution in [3.63, 3.8) is 0 Å². The van der Waals surface area contributed by atoms with Gasteiger partial charge in [-0.25, -0.2) is 9.97 Å². The Morgan fingerprint density at radius 1 is 1.31 bits per heavy atom. The fraction of sp³-hybridized carbons (Fsp3) is 0.435. The monoisotopic (exact) mass is 469 g/mol. The van der Waals surface area contributed by atoms with Gasteiger partial charge in [0.1, 0.15) is 5.78 Å². The first-order chi connectivity index (χ1) is 15.3. The van der Waals surface area contributed by atoms with Gasteiger partial charge in [-0.1, -0.05) is 18.5 Å². The molecular weight excluding hydrogens is 446 g/mol. The van der Waals surface area contributed by atoms with Gasteiger partial charge in [-0.05, 0) is 42.8 Å². The summed E-state index contributed by atoms with van der Waals surface area (Å²) >= 11 is 7.52. The van der Waals surface area contributed by atoms with Gasteiger partial charge in [-0.3, -0.25) is 14.6 Å². The molecule has 4 heterocycles. The minimum absolute atomic E-state index is 0.101. The van der Waals surface area contributed by atoms with E-state index in [-0.39, 0.29) is 23.3 Å². The van der Waals surface area contributed by atoms with Gasteiger partial charge < -0.3 is 10.2 Å². The van der Waals surface area contributed by atoms with Gasteiger partial charge in [0.25, 0.3) is 5.91 Å². The Morgan fingerprint density at radius 2 is 2.09 bits per heavy atom. The summed E-state index contributed by atoms with van der Waals surface area (Å²) in [5.41, 5.74) is 1.94. The highest BCUT2D eigenvalue weighted by Gasteiger charge is 2.46. The number of fused-ring (bicyclic) bond motifs is 1. The van der Waals surface area contributed by atoms with Crippen molar-refractivity contribution in [3.05, 3.63) is 46.2 Å². The van der Waals surface area contributed by atoms with Crippen LogP contribution in [0.1, 0.15) is 55.2 Å². The highest BCUT2D eigenvalue weighted by atomic mass is 35.5. The molecule has 166 valence electrons. The molecule has 2 aliphatic rings. The van der Waals surface area contributed by atoms with E-state index < -0.39 is 0 Å². The lowest BCUT2D eigenvalue weighted by molar-refractivity contribution is -0.125. The van der Waals surface area contributed by atoms with E-state index >= 15 is 0 Å². The number of nitrogens with zero attached hydrogens (tertiary/aromatic N) is 4. The number of carbonyl (C=O) groups is 2. The van der Waals surface area contributed by atoms with Crippen LogP contribution in [0.5, 0.6) is 0 Å². The molecule has 32 heavy (non-hydrogen) atoms. The molecule has 1 N–H and O–H groups in total. The number of hydrogen-bond donors (Lipinski definition) is 1. The lowest BCUT2D eigenvalue weighted by atomic mass is 9.88. The van der Waals surface area contributed by atoms with Crippen LogP contribution in [0.25, 0.3) is 10.2 Å². The van der Waals surface area contributed by atoms with Crippen LogP contribution in [0.15, 0.2) is 29.9 Å². The first-order valence-corrected chi connectivity index (χ1v) is 12.0. The molecule has 1 amide bonds. The number of amides is 1. The number of Topliss-reactive ketones (excluding diaryl/α,β-unsaturated/α-hetero) is 1. The van der Waals surface area contributed by atoms with Crippen LogP contribution in [-0.2, 0) is 4.79 Å². The minimum atomic E-state index is -0.136. The van der Waals surface area contributed by atoms with Crippen molar-refractivity contribution in [2.75, 3.05) is 18.4 Å². The fourth-order valence-electron chi connectivity index (χ4n) is 4.00. The first kappa shape index (κ1) is 21.3.